The summed E-state index contributed by atoms with van der Waals surface area (Å²) < 4.78 is 10.6. The van der Waals surface area contributed by atoms with Gasteiger partial charge in [-0.15, -0.1) is 0 Å². The lowest BCUT2D eigenvalue weighted by molar-refractivity contribution is 0.0505. The van der Waals surface area contributed by atoms with Crippen LogP contribution < -0.4 is 10.6 Å². The molecule has 2 N–H and O–H groups in total. The van der Waals surface area contributed by atoms with E-state index in [0.29, 0.717) is 24.3 Å². The number of para-hydroxylation sites is 1. The maximum atomic E-state index is 12.3. The molecule has 1 heterocycles. The molecule has 3 aromatic rings. The number of carbonyl (C=O) groups is 2. The van der Waals surface area contributed by atoms with Gasteiger partial charge >= 0.3 is 5.97 Å². The molecular weight excluding hydrogens is 400 g/mol. The largest absolute Gasteiger partial charge is 0.462 e. The van der Waals surface area contributed by atoms with E-state index >= 15 is 0 Å². The average molecular weight is 417 g/mol. The van der Waals surface area contributed by atoms with Crippen LogP contribution in [0.3, 0.4) is 0 Å². The Hall–Kier alpha value is -2.90. The van der Waals surface area contributed by atoms with Crippen LogP contribution in [0.5, 0.6) is 0 Å². The van der Waals surface area contributed by atoms with Gasteiger partial charge < -0.3 is 14.5 Å². The van der Waals surface area contributed by atoms with Crippen LogP contribution in [0.15, 0.2) is 52.9 Å². The molecule has 0 saturated carbocycles. The van der Waals surface area contributed by atoms with E-state index in [1.165, 1.54) is 6.07 Å². The molecule has 28 heavy (non-hydrogen) atoms. The molecule has 0 unspecified atom stereocenters. The molecule has 0 aliphatic heterocycles. The standard InChI is InChI=1S/C20H17ClN2O4S/c1-2-9-26-19(25)14-11-13(7-8-15(14)21)22-20(28)23-18(24)17-10-12-5-3-4-6-16(12)27-17/h3-8,10-11H,2,9H2,1H3,(H2,22,23,24,28). The summed E-state index contributed by atoms with van der Waals surface area (Å²) in [5.41, 5.74) is 1.31. The Bertz CT molecular complexity index is 1010. The van der Waals surface area contributed by atoms with Crippen LogP contribution in [0.4, 0.5) is 5.69 Å². The summed E-state index contributed by atoms with van der Waals surface area (Å²) in [5, 5.41) is 6.53. The minimum Gasteiger partial charge on any atom is -0.462 e. The topological polar surface area (TPSA) is 80.6 Å². The zero-order chi connectivity index (χ0) is 20.1. The number of halogens is 1. The van der Waals surface area contributed by atoms with Crippen molar-refractivity contribution in [3.63, 3.8) is 0 Å². The highest BCUT2D eigenvalue weighted by molar-refractivity contribution is 7.80. The molecular formula is C20H17ClN2O4S. The molecule has 0 aliphatic rings. The van der Waals surface area contributed by atoms with Gasteiger partial charge in [0.15, 0.2) is 10.9 Å². The number of hydrogen-bond acceptors (Lipinski definition) is 5. The lowest BCUT2D eigenvalue weighted by Gasteiger charge is -2.11. The third kappa shape index (κ3) is 4.68. The zero-order valence-electron chi connectivity index (χ0n) is 15.0. The summed E-state index contributed by atoms with van der Waals surface area (Å²) >= 11 is 11.2. The number of hydrogen-bond donors (Lipinski definition) is 2. The van der Waals surface area contributed by atoms with E-state index in [4.69, 9.17) is 33.0 Å². The third-order valence-electron chi connectivity index (χ3n) is 3.76. The maximum Gasteiger partial charge on any atom is 0.339 e. The highest BCUT2D eigenvalue weighted by Crippen LogP contribution is 2.22. The molecule has 1 amide bonds. The SMILES string of the molecule is CCCOC(=O)c1cc(NC(=S)NC(=O)c2cc3ccccc3o2)ccc1Cl. The third-order valence-corrected chi connectivity index (χ3v) is 4.29. The number of fused-ring (bicyclic) bond motifs is 1. The van der Waals surface area contributed by atoms with Crippen molar-refractivity contribution >= 4 is 57.5 Å². The number of esters is 1. The molecule has 3 rings (SSSR count). The van der Waals surface area contributed by atoms with E-state index in [0.717, 1.165) is 5.39 Å². The highest BCUT2D eigenvalue weighted by Gasteiger charge is 2.15. The van der Waals surface area contributed by atoms with Gasteiger partial charge in [0.1, 0.15) is 5.58 Å². The van der Waals surface area contributed by atoms with Gasteiger partial charge in [0, 0.05) is 11.1 Å². The van der Waals surface area contributed by atoms with Gasteiger partial charge in [-0.2, -0.15) is 0 Å². The number of benzene rings is 2. The molecule has 6 nitrogen and oxygen atoms in total. The molecule has 0 fully saturated rings. The summed E-state index contributed by atoms with van der Waals surface area (Å²) in [6, 6.07) is 13.6. The second-order valence-electron chi connectivity index (χ2n) is 5.89. The number of rotatable bonds is 5. The van der Waals surface area contributed by atoms with Crippen molar-refractivity contribution in [1.29, 1.82) is 0 Å². The van der Waals surface area contributed by atoms with Crippen molar-refractivity contribution in [3.05, 3.63) is 64.9 Å². The molecule has 0 atom stereocenters. The van der Waals surface area contributed by atoms with Gasteiger partial charge in [-0.1, -0.05) is 36.7 Å². The fourth-order valence-corrected chi connectivity index (χ4v) is 2.86. The quantitative estimate of drug-likeness (QED) is 0.460. The van der Waals surface area contributed by atoms with Gasteiger partial charge in [0.2, 0.25) is 0 Å². The molecule has 0 radical (unpaired) electrons. The number of furan rings is 1. The van der Waals surface area contributed by atoms with Crippen molar-refractivity contribution in [2.75, 3.05) is 11.9 Å². The molecule has 0 spiro atoms. The van der Waals surface area contributed by atoms with E-state index in [1.807, 2.05) is 25.1 Å². The lowest BCUT2D eigenvalue weighted by Crippen LogP contribution is -2.33. The van der Waals surface area contributed by atoms with Crippen molar-refractivity contribution in [2.24, 2.45) is 0 Å². The van der Waals surface area contributed by atoms with Crippen molar-refractivity contribution in [1.82, 2.24) is 5.32 Å². The Morgan fingerprint density at radius 3 is 2.71 bits per heavy atom. The first kappa shape index (κ1) is 19.9. The predicted octanol–water partition coefficient (Wildman–Crippen LogP) is 4.78. The van der Waals surface area contributed by atoms with Crippen LogP contribution in [0.2, 0.25) is 5.02 Å². The van der Waals surface area contributed by atoms with E-state index in [1.54, 1.807) is 24.3 Å². The summed E-state index contributed by atoms with van der Waals surface area (Å²) in [6.07, 6.45) is 0.708. The molecule has 0 aliphatic carbocycles. The second-order valence-corrected chi connectivity index (χ2v) is 6.70. The molecule has 0 saturated heterocycles. The van der Waals surface area contributed by atoms with Gasteiger partial charge in [0.25, 0.3) is 5.91 Å². The van der Waals surface area contributed by atoms with E-state index in [9.17, 15) is 9.59 Å². The highest BCUT2D eigenvalue weighted by atomic mass is 35.5. The first-order valence-electron chi connectivity index (χ1n) is 8.55. The van der Waals surface area contributed by atoms with E-state index in [-0.39, 0.29) is 21.5 Å². The fourth-order valence-electron chi connectivity index (χ4n) is 2.45. The van der Waals surface area contributed by atoms with Crippen molar-refractivity contribution in [3.8, 4) is 0 Å². The number of thiocarbonyl (C=S) groups is 1. The van der Waals surface area contributed by atoms with E-state index in [2.05, 4.69) is 10.6 Å². The molecule has 2 aromatic carbocycles. The number of anilines is 1. The van der Waals surface area contributed by atoms with Gasteiger partial charge in [-0.25, -0.2) is 4.79 Å². The van der Waals surface area contributed by atoms with Crippen molar-refractivity contribution in [2.45, 2.75) is 13.3 Å². The monoisotopic (exact) mass is 416 g/mol. The van der Waals surface area contributed by atoms with Crippen molar-refractivity contribution < 1.29 is 18.7 Å². The van der Waals surface area contributed by atoms with Gasteiger partial charge in [0.05, 0.1) is 17.2 Å². The number of carbonyl (C=O) groups excluding carboxylic acids is 2. The van der Waals surface area contributed by atoms with Crippen LogP contribution in [-0.2, 0) is 4.74 Å². The normalized spacial score (nSPS) is 10.5. The summed E-state index contributed by atoms with van der Waals surface area (Å²) in [6.45, 7) is 2.20. The first-order chi connectivity index (χ1) is 13.5. The zero-order valence-corrected chi connectivity index (χ0v) is 16.5. The Balaban J connectivity index is 1.67. The molecule has 0 bridgehead atoms. The lowest BCUT2D eigenvalue weighted by atomic mass is 10.2. The van der Waals surface area contributed by atoms with Crippen LogP contribution in [0.1, 0.15) is 34.3 Å². The summed E-state index contributed by atoms with van der Waals surface area (Å²) in [7, 11) is 0. The van der Waals surface area contributed by atoms with Crippen LogP contribution >= 0.6 is 23.8 Å². The Labute approximate surface area is 171 Å². The Morgan fingerprint density at radius 1 is 1.18 bits per heavy atom. The number of ether oxygens (including phenoxy) is 1. The summed E-state index contributed by atoms with van der Waals surface area (Å²) in [4.78, 5) is 24.4. The van der Waals surface area contributed by atoms with E-state index < -0.39 is 11.9 Å². The van der Waals surface area contributed by atoms with Crippen LogP contribution in [0.25, 0.3) is 11.0 Å². The Kier molecular flexibility index (Phi) is 6.28. The minimum absolute atomic E-state index is 0.0562. The first-order valence-corrected chi connectivity index (χ1v) is 9.34. The molecule has 1 aromatic heterocycles. The smallest absolute Gasteiger partial charge is 0.339 e. The fraction of sp³-hybridized carbons (Fsp3) is 0.150. The predicted molar refractivity (Wildman–Crippen MR) is 112 cm³/mol. The molecule has 8 heteroatoms. The maximum absolute atomic E-state index is 12.3. The molecule has 144 valence electrons. The number of amides is 1. The average Bonchev–Trinajstić information content (AvgIpc) is 3.12. The summed E-state index contributed by atoms with van der Waals surface area (Å²) in [5.74, 6) is -0.858. The Morgan fingerprint density at radius 2 is 1.96 bits per heavy atom. The van der Waals surface area contributed by atoms with Gasteiger partial charge in [-0.05, 0) is 49.0 Å². The van der Waals surface area contributed by atoms with Crippen LogP contribution in [0, 0.1) is 0 Å². The van der Waals surface area contributed by atoms with Gasteiger partial charge in [-0.3, -0.25) is 10.1 Å². The second kappa shape index (κ2) is 8.86. The van der Waals surface area contributed by atoms with Crippen LogP contribution in [-0.4, -0.2) is 23.6 Å². The minimum atomic E-state index is -0.521. The number of nitrogens with one attached hydrogen (secondary N) is 2.